The smallest absolute Gasteiger partial charge is 0.269 e. The minimum absolute atomic E-state index is 0.0430. The molecule has 0 aliphatic rings. The first-order valence-corrected chi connectivity index (χ1v) is 4.42. The van der Waals surface area contributed by atoms with Crippen molar-refractivity contribution in [3.63, 3.8) is 0 Å². The molecule has 0 aliphatic heterocycles. The molecular formula is C9H12N2O4. The van der Waals surface area contributed by atoms with Crippen LogP contribution >= 0.6 is 0 Å². The second-order valence-corrected chi connectivity index (χ2v) is 3.10. The van der Waals surface area contributed by atoms with Crippen molar-refractivity contribution in [3.05, 3.63) is 34.4 Å². The number of nitrogens with one attached hydrogen (secondary N) is 1. The predicted molar refractivity (Wildman–Crippen MR) is 54.2 cm³/mol. The van der Waals surface area contributed by atoms with Crippen LogP contribution in [-0.4, -0.2) is 21.0 Å². The normalized spacial score (nSPS) is 11.1. The highest BCUT2D eigenvalue weighted by Crippen LogP contribution is 2.18. The van der Waals surface area contributed by atoms with Crippen LogP contribution in [0.4, 0.5) is 11.4 Å². The van der Waals surface area contributed by atoms with E-state index in [1.807, 2.05) is 0 Å². The molecule has 0 spiro atoms. The summed E-state index contributed by atoms with van der Waals surface area (Å²) in [6.45, 7) is 1.60. The van der Waals surface area contributed by atoms with E-state index in [9.17, 15) is 20.3 Å². The topological polar surface area (TPSA) is 95.6 Å². The molecule has 0 saturated carbocycles. The third-order valence-corrected chi connectivity index (χ3v) is 1.92. The highest BCUT2D eigenvalue weighted by Gasteiger charge is 2.19. The molecule has 1 aromatic carbocycles. The van der Waals surface area contributed by atoms with Gasteiger partial charge < -0.3 is 15.5 Å². The zero-order valence-electron chi connectivity index (χ0n) is 8.17. The third-order valence-electron chi connectivity index (χ3n) is 1.92. The molecule has 0 fully saturated rings. The van der Waals surface area contributed by atoms with Gasteiger partial charge in [-0.15, -0.1) is 0 Å². The molecule has 0 amide bonds. The van der Waals surface area contributed by atoms with E-state index in [0.717, 1.165) is 0 Å². The lowest BCUT2D eigenvalue weighted by atomic mass is 10.2. The van der Waals surface area contributed by atoms with E-state index in [-0.39, 0.29) is 12.1 Å². The molecule has 6 nitrogen and oxygen atoms in total. The lowest BCUT2D eigenvalue weighted by Crippen LogP contribution is -2.36. The molecule has 0 unspecified atom stereocenters. The molecular weight excluding hydrogens is 200 g/mol. The number of hydrogen-bond donors (Lipinski definition) is 3. The molecule has 0 heterocycles. The molecule has 0 aliphatic carbocycles. The SMILES string of the molecule is CCC(O)(O)Nc1ccc([N+](=O)[O-])cc1. The van der Waals surface area contributed by atoms with Crippen molar-refractivity contribution >= 4 is 11.4 Å². The molecule has 0 bridgehead atoms. The summed E-state index contributed by atoms with van der Waals surface area (Å²) in [4.78, 5) is 9.82. The predicted octanol–water partition coefficient (Wildman–Crippen LogP) is 1.06. The first kappa shape index (κ1) is 11.4. The van der Waals surface area contributed by atoms with E-state index in [4.69, 9.17) is 0 Å². The number of aliphatic hydroxyl groups is 2. The van der Waals surface area contributed by atoms with Gasteiger partial charge in [-0.05, 0) is 12.1 Å². The lowest BCUT2D eigenvalue weighted by Gasteiger charge is -2.22. The summed E-state index contributed by atoms with van der Waals surface area (Å²) in [6, 6.07) is 5.39. The van der Waals surface area contributed by atoms with Gasteiger partial charge in [0.15, 0.2) is 0 Å². The first-order valence-electron chi connectivity index (χ1n) is 4.42. The number of hydrogen-bond acceptors (Lipinski definition) is 5. The van der Waals surface area contributed by atoms with Gasteiger partial charge in [0, 0.05) is 24.2 Å². The molecule has 1 rings (SSSR count). The average Bonchev–Trinajstić information content (AvgIpc) is 2.18. The van der Waals surface area contributed by atoms with Gasteiger partial charge in [-0.1, -0.05) is 6.92 Å². The van der Waals surface area contributed by atoms with Gasteiger partial charge in [-0.25, -0.2) is 0 Å². The number of anilines is 1. The zero-order chi connectivity index (χ0) is 11.5. The Labute approximate surface area is 86.3 Å². The summed E-state index contributed by atoms with van der Waals surface area (Å²) in [7, 11) is 0. The van der Waals surface area contributed by atoms with Gasteiger partial charge in [0.05, 0.1) is 4.92 Å². The number of nitro benzene ring substituents is 1. The second kappa shape index (κ2) is 4.24. The standard InChI is InChI=1S/C9H12N2O4/c1-2-9(12,13)10-7-3-5-8(6-4-7)11(14)15/h3-6,10,12-13H,2H2,1H3. The Morgan fingerprint density at radius 3 is 2.33 bits per heavy atom. The Hall–Kier alpha value is -1.66. The number of nitro groups is 1. The summed E-state index contributed by atoms with van der Waals surface area (Å²) < 4.78 is 0. The van der Waals surface area contributed by atoms with Crippen molar-refractivity contribution in [1.29, 1.82) is 0 Å². The molecule has 0 atom stereocenters. The van der Waals surface area contributed by atoms with Crippen LogP contribution in [0.2, 0.25) is 0 Å². The summed E-state index contributed by atoms with van der Waals surface area (Å²) >= 11 is 0. The summed E-state index contributed by atoms with van der Waals surface area (Å²) in [5, 5.41) is 31.3. The van der Waals surface area contributed by atoms with Crippen LogP contribution < -0.4 is 5.32 Å². The number of non-ortho nitro benzene ring substituents is 1. The fourth-order valence-electron chi connectivity index (χ4n) is 0.986. The Bertz CT molecular complexity index is 348. The maximum atomic E-state index is 10.3. The molecule has 1 aromatic rings. The molecule has 6 heteroatoms. The van der Waals surface area contributed by atoms with Crippen LogP contribution in [0.15, 0.2) is 24.3 Å². The van der Waals surface area contributed by atoms with Gasteiger partial charge >= 0.3 is 0 Å². The second-order valence-electron chi connectivity index (χ2n) is 3.10. The van der Waals surface area contributed by atoms with Gasteiger partial charge in [-0.2, -0.15) is 0 Å². The molecule has 82 valence electrons. The van der Waals surface area contributed by atoms with Crippen molar-refractivity contribution in [1.82, 2.24) is 0 Å². The van der Waals surface area contributed by atoms with Gasteiger partial charge in [0.2, 0.25) is 5.91 Å². The van der Waals surface area contributed by atoms with Crippen molar-refractivity contribution in [2.24, 2.45) is 0 Å². The minimum atomic E-state index is -1.99. The number of rotatable bonds is 4. The van der Waals surface area contributed by atoms with Crippen molar-refractivity contribution < 1.29 is 15.1 Å². The summed E-state index contributed by atoms with van der Waals surface area (Å²) in [6.07, 6.45) is 0.101. The lowest BCUT2D eigenvalue weighted by molar-refractivity contribution is -0.384. The van der Waals surface area contributed by atoms with Crippen LogP contribution in [0.5, 0.6) is 0 Å². The summed E-state index contributed by atoms with van der Waals surface area (Å²) in [5.74, 6) is -1.99. The van der Waals surface area contributed by atoms with E-state index >= 15 is 0 Å². The highest BCUT2D eigenvalue weighted by atomic mass is 16.6. The fraction of sp³-hybridized carbons (Fsp3) is 0.333. The van der Waals surface area contributed by atoms with Gasteiger partial charge in [0.1, 0.15) is 0 Å². The Morgan fingerprint density at radius 2 is 1.93 bits per heavy atom. The largest absolute Gasteiger partial charge is 0.349 e. The average molecular weight is 212 g/mol. The van der Waals surface area contributed by atoms with E-state index in [2.05, 4.69) is 5.32 Å². The highest BCUT2D eigenvalue weighted by molar-refractivity contribution is 5.49. The van der Waals surface area contributed by atoms with Crippen LogP contribution in [0.25, 0.3) is 0 Å². The van der Waals surface area contributed by atoms with Crippen LogP contribution in [0, 0.1) is 10.1 Å². The van der Waals surface area contributed by atoms with E-state index in [0.29, 0.717) is 5.69 Å². The molecule has 0 saturated heterocycles. The first-order chi connectivity index (χ1) is 6.94. The summed E-state index contributed by atoms with van der Waals surface area (Å²) in [5.41, 5.74) is 0.367. The van der Waals surface area contributed by atoms with E-state index in [1.165, 1.54) is 24.3 Å². The molecule has 15 heavy (non-hydrogen) atoms. The maximum absolute atomic E-state index is 10.3. The van der Waals surface area contributed by atoms with Gasteiger partial charge in [-0.3, -0.25) is 10.1 Å². The Kier molecular flexibility index (Phi) is 3.23. The van der Waals surface area contributed by atoms with Crippen molar-refractivity contribution in [3.8, 4) is 0 Å². The molecule has 0 radical (unpaired) electrons. The quantitative estimate of drug-likeness (QED) is 0.394. The Balaban J connectivity index is 2.77. The van der Waals surface area contributed by atoms with Crippen molar-refractivity contribution in [2.75, 3.05) is 5.32 Å². The molecule has 0 aromatic heterocycles. The van der Waals surface area contributed by atoms with Crippen LogP contribution in [0.1, 0.15) is 13.3 Å². The monoisotopic (exact) mass is 212 g/mol. The van der Waals surface area contributed by atoms with Crippen LogP contribution in [0.3, 0.4) is 0 Å². The van der Waals surface area contributed by atoms with E-state index < -0.39 is 10.8 Å². The maximum Gasteiger partial charge on any atom is 0.269 e. The number of benzene rings is 1. The van der Waals surface area contributed by atoms with Crippen molar-refractivity contribution in [2.45, 2.75) is 19.3 Å². The number of nitrogens with zero attached hydrogens (tertiary/aromatic N) is 1. The van der Waals surface area contributed by atoms with Gasteiger partial charge in [0.25, 0.3) is 5.69 Å². The fourth-order valence-corrected chi connectivity index (χ4v) is 0.986. The Morgan fingerprint density at radius 1 is 1.40 bits per heavy atom. The third kappa shape index (κ3) is 3.19. The minimum Gasteiger partial charge on any atom is -0.349 e. The van der Waals surface area contributed by atoms with E-state index in [1.54, 1.807) is 6.92 Å². The van der Waals surface area contributed by atoms with Crippen LogP contribution in [-0.2, 0) is 0 Å². The zero-order valence-corrected chi connectivity index (χ0v) is 8.17. The molecule has 3 N–H and O–H groups in total.